The second kappa shape index (κ2) is 9.93. The highest BCUT2D eigenvalue weighted by atomic mass is 16.5. The van der Waals surface area contributed by atoms with Gasteiger partial charge in [-0.1, -0.05) is 25.1 Å². The van der Waals surface area contributed by atoms with Gasteiger partial charge in [-0.2, -0.15) is 0 Å². The predicted molar refractivity (Wildman–Crippen MR) is 92.8 cm³/mol. The van der Waals surface area contributed by atoms with Crippen molar-refractivity contribution in [2.45, 2.75) is 32.2 Å². The van der Waals surface area contributed by atoms with Gasteiger partial charge in [-0.05, 0) is 37.9 Å². The molecule has 1 saturated heterocycles. The summed E-state index contributed by atoms with van der Waals surface area (Å²) in [7, 11) is 0. The van der Waals surface area contributed by atoms with E-state index in [0.717, 1.165) is 38.9 Å². The van der Waals surface area contributed by atoms with E-state index in [2.05, 4.69) is 22.5 Å². The SMILES string of the molecule is CCCN1CCC(NC(=O)CNC(=O)COc2ccccc2)CC1. The Morgan fingerprint density at radius 2 is 1.88 bits per heavy atom. The first-order valence-electron chi connectivity index (χ1n) is 8.63. The molecule has 1 aliphatic rings. The molecular weight excluding hydrogens is 306 g/mol. The van der Waals surface area contributed by atoms with Crippen LogP contribution in [0.3, 0.4) is 0 Å². The third-order valence-corrected chi connectivity index (χ3v) is 4.05. The number of piperidine rings is 1. The van der Waals surface area contributed by atoms with Crippen molar-refractivity contribution in [1.29, 1.82) is 0 Å². The number of nitrogens with one attached hydrogen (secondary N) is 2. The molecule has 1 heterocycles. The Kier molecular flexibility index (Phi) is 7.55. The van der Waals surface area contributed by atoms with Gasteiger partial charge in [-0.15, -0.1) is 0 Å². The van der Waals surface area contributed by atoms with E-state index in [1.54, 1.807) is 12.1 Å². The second-order valence-electron chi connectivity index (χ2n) is 6.06. The van der Waals surface area contributed by atoms with Crippen LogP contribution in [0, 0.1) is 0 Å². The summed E-state index contributed by atoms with van der Waals surface area (Å²) in [4.78, 5) is 26.0. The molecule has 2 amide bonds. The monoisotopic (exact) mass is 333 g/mol. The molecule has 132 valence electrons. The van der Waals surface area contributed by atoms with Gasteiger partial charge in [-0.3, -0.25) is 9.59 Å². The summed E-state index contributed by atoms with van der Waals surface area (Å²) >= 11 is 0. The number of para-hydroxylation sites is 1. The third-order valence-electron chi connectivity index (χ3n) is 4.05. The van der Waals surface area contributed by atoms with Crippen LogP contribution in [-0.2, 0) is 9.59 Å². The largest absolute Gasteiger partial charge is 0.484 e. The van der Waals surface area contributed by atoms with Gasteiger partial charge in [0.25, 0.3) is 5.91 Å². The van der Waals surface area contributed by atoms with Crippen molar-refractivity contribution in [3.05, 3.63) is 30.3 Å². The van der Waals surface area contributed by atoms with Crippen molar-refractivity contribution in [2.24, 2.45) is 0 Å². The molecule has 0 aliphatic carbocycles. The van der Waals surface area contributed by atoms with Crippen LogP contribution in [-0.4, -0.2) is 55.5 Å². The molecule has 0 radical (unpaired) electrons. The van der Waals surface area contributed by atoms with Crippen LogP contribution in [0.2, 0.25) is 0 Å². The van der Waals surface area contributed by atoms with E-state index in [1.807, 2.05) is 18.2 Å². The van der Waals surface area contributed by atoms with E-state index in [-0.39, 0.29) is 31.0 Å². The molecule has 2 N–H and O–H groups in total. The van der Waals surface area contributed by atoms with Gasteiger partial charge in [0.15, 0.2) is 6.61 Å². The van der Waals surface area contributed by atoms with Crippen molar-refractivity contribution >= 4 is 11.8 Å². The van der Waals surface area contributed by atoms with Gasteiger partial charge in [-0.25, -0.2) is 0 Å². The number of benzene rings is 1. The number of amides is 2. The second-order valence-corrected chi connectivity index (χ2v) is 6.06. The maximum Gasteiger partial charge on any atom is 0.258 e. The molecule has 24 heavy (non-hydrogen) atoms. The zero-order valence-electron chi connectivity index (χ0n) is 14.3. The van der Waals surface area contributed by atoms with Crippen LogP contribution in [0.1, 0.15) is 26.2 Å². The van der Waals surface area contributed by atoms with Crippen LogP contribution in [0.25, 0.3) is 0 Å². The van der Waals surface area contributed by atoms with Crippen LogP contribution >= 0.6 is 0 Å². The van der Waals surface area contributed by atoms with Crippen molar-refractivity contribution < 1.29 is 14.3 Å². The van der Waals surface area contributed by atoms with Gasteiger partial charge < -0.3 is 20.3 Å². The fourth-order valence-electron chi connectivity index (χ4n) is 2.79. The molecule has 1 aromatic rings. The van der Waals surface area contributed by atoms with E-state index in [9.17, 15) is 9.59 Å². The van der Waals surface area contributed by atoms with E-state index in [0.29, 0.717) is 5.75 Å². The van der Waals surface area contributed by atoms with Gasteiger partial charge in [0.1, 0.15) is 5.75 Å². The zero-order valence-corrected chi connectivity index (χ0v) is 14.3. The van der Waals surface area contributed by atoms with Crippen LogP contribution < -0.4 is 15.4 Å². The number of hydrogen-bond donors (Lipinski definition) is 2. The summed E-state index contributed by atoms with van der Waals surface area (Å²) < 4.78 is 5.34. The molecule has 1 fully saturated rings. The molecular formula is C18H27N3O3. The Labute approximate surface area is 143 Å². The molecule has 0 unspecified atom stereocenters. The lowest BCUT2D eigenvalue weighted by atomic mass is 10.0. The Morgan fingerprint density at radius 1 is 1.17 bits per heavy atom. The van der Waals surface area contributed by atoms with Crippen LogP contribution in [0.4, 0.5) is 0 Å². The van der Waals surface area contributed by atoms with Crippen molar-refractivity contribution in [1.82, 2.24) is 15.5 Å². The maximum absolute atomic E-state index is 11.9. The number of nitrogens with zero attached hydrogens (tertiary/aromatic N) is 1. The first-order valence-corrected chi connectivity index (χ1v) is 8.63. The van der Waals surface area contributed by atoms with Crippen molar-refractivity contribution in [3.8, 4) is 5.75 Å². The fourth-order valence-corrected chi connectivity index (χ4v) is 2.79. The summed E-state index contributed by atoms with van der Waals surface area (Å²) in [5.74, 6) is 0.194. The minimum Gasteiger partial charge on any atom is -0.484 e. The molecule has 0 saturated carbocycles. The van der Waals surface area contributed by atoms with Crippen molar-refractivity contribution in [2.75, 3.05) is 32.8 Å². The Bertz CT molecular complexity index is 514. The molecule has 0 spiro atoms. The van der Waals surface area contributed by atoms with Crippen LogP contribution in [0.5, 0.6) is 5.75 Å². The molecule has 0 aromatic heterocycles. The number of carbonyl (C=O) groups excluding carboxylic acids is 2. The lowest BCUT2D eigenvalue weighted by Gasteiger charge is -2.32. The molecule has 1 aliphatic heterocycles. The number of rotatable bonds is 8. The number of carbonyl (C=O) groups is 2. The lowest BCUT2D eigenvalue weighted by molar-refractivity contribution is -0.127. The van der Waals surface area contributed by atoms with Gasteiger partial charge >= 0.3 is 0 Å². The smallest absolute Gasteiger partial charge is 0.258 e. The fraction of sp³-hybridized carbons (Fsp3) is 0.556. The van der Waals surface area contributed by atoms with Crippen molar-refractivity contribution in [3.63, 3.8) is 0 Å². The van der Waals surface area contributed by atoms with E-state index in [4.69, 9.17) is 4.74 Å². The topological polar surface area (TPSA) is 70.7 Å². The average Bonchev–Trinajstić information content (AvgIpc) is 2.61. The third kappa shape index (κ3) is 6.58. The first kappa shape index (κ1) is 18.3. The quantitative estimate of drug-likeness (QED) is 0.749. The Balaban J connectivity index is 1.58. The summed E-state index contributed by atoms with van der Waals surface area (Å²) in [6, 6.07) is 9.33. The summed E-state index contributed by atoms with van der Waals surface area (Å²) in [5.41, 5.74) is 0. The standard InChI is InChI=1S/C18H27N3O3/c1-2-10-21-11-8-15(9-12-21)20-17(22)13-19-18(23)14-24-16-6-4-3-5-7-16/h3-7,15H,2,8-14H2,1H3,(H,19,23)(H,20,22). The highest BCUT2D eigenvalue weighted by Crippen LogP contribution is 2.10. The highest BCUT2D eigenvalue weighted by molar-refractivity contribution is 5.85. The molecule has 0 bridgehead atoms. The Morgan fingerprint density at radius 3 is 2.54 bits per heavy atom. The average molecular weight is 333 g/mol. The molecule has 0 atom stereocenters. The van der Waals surface area contributed by atoms with Crippen LogP contribution in [0.15, 0.2) is 30.3 Å². The highest BCUT2D eigenvalue weighted by Gasteiger charge is 2.20. The normalized spacial score (nSPS) is 15.7. The molecule has 6 nitrogen and oxygen atoms in total. The number of hydrogen-bond acceptors (Lipinski definition) is 4. The molecule has 1 aromatic carbocycles. The first-order chi connectivity index (χ1) is 11.7. The Hall–Kier alpha value is -2.08. The molecule has 2 rings (SSSR count). The van der Waals surface area contributed by atoms with E-state index in [1.165, 1.54) is 0 Å². The molecule has 6 heteroatoms. The summed E-state index contributed by atoms with van der Waals surface area (Å²) in [6.07, 6.45) is 3.10. The van der Waals surface area contributed by atoms with E-state index < -0.39 is 0 Å². The maximum atomic E-state index is 11.9. The number of likely N-dealkylation sites (tertiary alicyclic amines) is 1. The van der Waals surface area contributed by atoms with Gasteiger partial charge in [0.2, 0.25) is 5.91 Å². The zero-order chi connectivity index (χ0) is 17.2. The van der Waals surface area contributed by atoms with E-state index >= 15 is 0 Å². The minimum atomic E-state index is -0.299. The number of ether oxygens (including phenoxy) is 1. The minimum absolute atomic E-state index is 0.00778. The van der Waals surface area contributed by atoms with Gasteiger partial charge in [0.05, 0.1) is 6.54 Å². The summed E-state index contributed by atoms with van der Waals surface area (Å²) in [6.45, 7) is 5.25. The van der Waals surface area contributed by atoms with Gasteiger partial charge in [0, 0.05) is 19.1 Å². The lowest BCUT2D eigenvalue weighted by Crippen LogP contribution is -2.47. The summed E-state index contributed by atoms with van der Waals surface area (Å²) in [5, 5.41) is 5.57. The predicted octanol–water partition coefficient (Wildman–Crippen LogP) is 1.17.